The largest absolute Gasteiger partial charge is 0.493 e. The molecule has 120 valence electrons. The van der Waals surface area contributed by atoms with Crippen molar-refractivity contribution in [1.29, 1.82) is 0 Å². The topological polar surface area (TPSA) is 9.23 Å². The molecule has 21 heavy (non-hydrogen) atoms. The smallest absolute Gasteiger partial charge is 0.126 e. The minimum atomic E-state index is 0.111. The average Bonchev–Trinajstić information content (AvgIpc) is 2.36. The highest BCUT2D eigenvalue weighted by molar-refractivity contribution is 5.48. The Hall–Kier alpha value is -0.980. The SMILES string of the molecule is CCCCCCOc1c(C(C)(C)C)cccc1C(C)(C)C. The van der Waals surface area contributed by atoms with E-state index in [0.717, 1.165) is 18.8 Å². The molecule has 0 radical (unpaired) electrons. The van der Waals surface area contributed by atoms with Crippen molar-refractivity contribution < 1.29 is 4.74 Å². The lowest BCUT2D eigenvalue weighted by molar-refractivity contribution is 0.289. The summed E-state index contributed by atoms with van der Waals surface area (Å²) in [6.45, 7) is 16.6. The van der Waals surface area contributed by atoms with Crippen LogP contribution < -0.4 is 4.74 Å². The second kappa shape index (κ2) is 7.33. The Morgan fingerprint density at radius 2 is 1.33 bits per heavy atom. The molecule has 0 saturated heterocycles. The zero-order valence-electron chi connectivity index (χ0n) is 15.2. The number of hydrogen-bond acceptors (Lipinski definition) is 1. The first-order chi connectivity index (χ1) is 9.68. The van der Waals surface area contributed by atoms with Crippen molar-refractivity contribution >= 4 is 0 Å². The van der Waals surface area contributed by atoms with Crippen molar-refractivity contribution in [3.63, 3.8) is 0 Å². The van der Waals surface area contributed by atoms with Gasteiger partial charge < -0.3 is 4.74 Å². The van der Waals surface area contributed by atoms with Crippen LogP contribution >= 0.6 is 0 Å². The number of ether oxygens (including phenoxy) is 1. The molecule has 0 aliphatic carbocycles. The fourth-order valence-corrected chi connectivity index (χ4v) is 2.58. The van der Waals surface area contributed by atoms with Crippen LogP contribution in [0.25, 0.3) is 0 Å². The van der Waals surface area contributed by atoms with Gasteiger partial charge in [-0.25, -0.2) is 0 Å². The van der Waals surface area contributed by atoms with Crippen molar-refractivity contribution in [3.8, 4) is 5.75 Å². The molecule has 0 bridgehead atoms. The summed E-state index contributed by atoms with van der Waals surface area (Å²) in [6.07, 6.45) is 4.98. The Morgan fingerprint density at radius 1 is 0.810 bits per heavy atom. The molecule has 1 rings (SSSR count). The first-order valence-electron chi connectivity index (χ1n) is 8.44. The van der Waals surface area contributed by atoms with Gasteiger partial charge in [-0.05, 0) is 28.4 Å². The maximum absolute atomic E-state index is 6.27. The zero-order valence-corrected chi connectivity index (χ0v) is 15.2. The van der Waals surface area contributed by atoms with Crippen molar-refractivity contribution in [2.75, 3.05) is 6.61 Å². The molecule has 1 aromatic carbocycles. The summed E-state index contributed by atoms with van der Waals surface area (Å²) >= 11 is 0. The van der Waals surface area contributed by atoms with Crippen molar-refractivity contribution in [1.82, 2.24) is 0 Å². The van der Waals surface area contributed by atoms with Crippen molar-refractivity contribution in [2.24, 2.45) is 0 Å². The van der Waals surface area contributed by atoms with Crippen LogP contribution in [0.5, 0.6) is 5.75 Å². The fourth-order valence-electron chi connectivity index (χ4n) is 2.58. The van der Waals surface area contributed by atoms with E-state index < -0.39 is 0 Å². The van der Waals surface area contributed by atoms with E-state index in [-0.39, 0.29) is 10.8 Å². The van der Waals surface area contributed by atoms with Gasteiger partial charge in [0, 0.05) is 0 Å². The molecule has 0 aliphatic heterocycles. The minimum Gasteiger partial charge on any atom is -0.493 e. The Bertz CT molecular complexity index is 400. The average molecular weight is 290 g/mol. The van der Waals surface area contributed by atoms with Gasteiger partial charge in [-0.1, -0.05) is 85.9 Å². The van der Waals surface area contributed by atoms with Gasteiger partial charge >= 0.3 is 0 Å². The van der Waals surface area contributed by atoms with Crippen LogP contribution in [0.1, 0.15) is 85.3 Å². The second-order valence-electron chi connectivity index (χ2n) is 8.09. The molecule has 0 N–H and O–H groups in total. The standard InChI is InChI=1S/C20H34O/c1-8-9-10-11-15-21-18-16(19(2,3)4)13-12-14-17(18)20(5,6)7/h12-14H,8-11,15H2,1-7H3. The van der Waals surface area contributed by atoms with Gasteiger partial charge in [0.1, 0.15) is 5.75 Å². The molecular weight excluding hydrogens is 256 g/mol. The van der Waals surface area contributed by atoms with Crippen LogP contribution in [0.4, 0.5) is 0 Å². The molecule has 0 aliphatic rings. The normalized spacial score (nSPS) is 12.5. The molecule has 1 heteroatoms. The molecule has 0 heterocycles. The third-order valence-corrected chi connectivity index (χ3v) is 3.88. The van der Waals surface area contributed by atoms with Gasteiger partial charge in [-0.2, -0.15) is 0 Å². The third-order valence-electron chi connectivity index (χ3n) is 3.88. The summed E-state index contributed by atoms with van der Waals surface area (Å²) in [5.41, 5.74) is 2.87. The summed E-state index contributed by atoms with van der Waals surface area (Å²) in [7, 11) is 0. The predicted octanol–water partition coefficient (Wildman–Crippen LogP) is 6.24. The van der Waals surface area contributed by atoms with E-state index in [4.69, 9.17) is 4.74 Å². The molecule has 0 amide bonds. The van der Waals surface area contributed by atoms with Gasteiger partial charge in [0.25, 0.3) is 0 Å². The lowest BCUT2D eigenvalue weighted by atomic mass is 9.79. The van der Waals surface area contributed by atoms with Gasteiger partial charge in [0.2, 0.25) is 0 Å². The zero-order chi connectivity index (χ0) is 16.1. The first-order valence-corrected chi connectivity index (χ1v) is 8.44. The van der Waals surface area contributed by atoms with E-state index in [9.17, 15) is 0 Å². The van der Waals surface area contributed by atoms with Crippen LogP contribution in [0, 0.1) is 0 Å². The Labute approximate surface area is 132 Å². The molecule has 0 fully saturated rings. The Balaban J connectivity index is 3.01. The molecule has 0 atom stereocenters. The molecule has 0 aromatic heterocycles. The van der Waals surface area contributed by atoms with Crippen LogP contribution in [0.2, 0.25) is 0 Å². The van der Waals surface area contributed by atoms with Gasteiger partial charge in [0.15, 0.2) is 0 Å². The summed E-state index contributed by atoms with van der Waals surface area (Å²) in [5, 5.41) is 0. The number of para-hydroxylation sites is 1. The van der Waals surface area contributed by atoms with Gasteiger partial charge in [-0.15, -0.1) is 0 Å². The first kappa shape index (κ1) is 18.1. The van der Waals surface area contributed by atoms with Gasteiger partial charge in [-0.3, -0.25) is 0 Å². The summed E-state index contributed by atoms with van der Waals surface area (Å²) in [4.78, 5) is 0. The summed E-state index contributed by atoms with van der Waals surface area (Å²) in [5.74, 6) is 1.12. The monoisotopic (exact) mass is 290 g/mol. The summed E-state index contributed by atoms with van der Waals surface area (Å²) < 4.78 is 6.27. The molecule has 0 saturated carbocycles. The number of unbranched alkanes of at least 4 members (excludes halogenated alkanes) is 3. The quantitative estimate of drug-likeness (QED) is 0.563. The Morgan fingerprint density at radius 3 is 1.76 bits per heavy atom. The van der Waals surface area contributed by atoms with E-state index in [1.54, 1.807) is 0 Å². The van der Waals surface area contributed by atoms with Crippen LogP contribution in [-0.4, -0.2) is 6.61 Å². The minimum absolute atomic E-state index is 0.111. The highest BCUT2D eigenvalue weighted by Crippen LogP contribution is 2.39. The van der Waals surface area contributed by atoms with Crippen molar-refractivity contribution in [2.45, 2.75) is 85.0 Å². The van der Waals surface area contributed by atoms with Crippen LogP contribution in [0.15, 0.2) is 18.2 Å². The van der Waals surface area contributed by atoms with Crippen LogP contribution in [-0.2, 0) is 10.8 Å². The Kier molecular flexibility index (Phi) is 6.31. The molecule has 1 aromatic rings. The van der Waals surface area contributed by atoms with Crippen LogP contribution in [0.3, 0.4) is 0 Å². The third kappa shape index (κ3) is 5.37. The fraction of sp³-hybridized carbons (Fsp3) is 0.700. The number of rotatable bonds is 6. The highest BCUT2D eigenvalue weighted by atomic mass is 16.5. The molecule has 1 nitrogen and oxygen atoms in total. The predicted molar refractivity (Wildman–Crippen MR) is 93.5 cm³/mol. The van der Waals surface area contributed by atoms with E-state index in [0.29, 0.717) is 0 Å². The number of hydrogen-bond donors (Lipinski definition) is 0. The molecule has 0 spiro atoms. The highest BCUT2D eigenvalue weighted by Gasteiger charge is 2.26. The number of benzene rings is 1. The lowest BCUT2D eigenvalue weighted by Gasteiger charge is -2.29. The maximum atomic E-state index is 6.27. The van der Waals surface area contributed by atoms with E-state index >= 15 is 0 Å². The van der Waals surface area contributed by atoms with E-state index in [2.05, 4.69) is 66.7 Å². The van der Waals surface area contributed by atoms with E-state index in [1.165, 1.54) is 30.4 Å². The molecule has 0 unspecified atom stereocenters. The van der Waals surface area contributed by atoms with Crippen molar-refractivity contribution in [3.05, 3.63) is 29.3 Å². The maximum Gasteiger partial charge on any atom is 0.126 e. The van der Waals surface area contributed by atoms with E-state index in [1.807, 2.05) is 0 Å². The summed E-state index contributed by atoms with van der Waals surface area (Å²) in [6, 6.07) is 6.61. The lowest BCUT2D eigenvalue weighted by Crippen LogP contribution is -2.19. The van der Waals surface area contributed by atoms with Gasteiger partial charge in [0.05, 0.1) is 6.61 Å². The second-order valence-corrected chi connectivity index (χ2v) is 8.09. The molecular formula is C20H34O.